The average Bonchev–Trinajstić information content (AvgIpc) is 2.44. The molecule has 0 unspecified atom stereocenters. The predicted octanol–water partition coefficient (Wildman–Crippen LogP) is 0.555. The lowest BCUT2D eigenvalue weighted by Crippen LogP contribution is -2.46. The van der Waals surface area contributed by atoms with Crippen LogP contribution in [0.5, 0.6) is 0 Å². The summed E-state index contributed by atoms with van der Waals surface area (Å²) in [6, 6.07) is 7.83. The van der Waals surface area contributed by atoms with Crippen LogP contribution in [-0.2, 0) is 30.9 Å². The Morgan fingerprint density at radius 3 is 2.45 bits per heavy atom. The molecular weight excluding hydrogens is 310 g/mol. The Hall–Kier alpha value is -1.93. The highest BCUT2D eigenvalue weighted by Gasteiger charge is 2.27. The van der Waals surface area contributed by atoms with E-state index in [1.165, 1.54) is 0 Å². The highest BCUT2D eigenvalue weighted by atomic mass is 32.2. The van der Waals surface area contributed by atoms with Crippen LogP contribution in [0.15, 0.2) is 30.3 Å². The van der Waals surface area contributed by atoms with Gasteiger partial charge in [0.2, 0.25) is 5.91 Å². The second-order valence-corrected chi connectivity index (χ2v) is 6.10. The van der Waals surface area contributed by atoms with Crippen LogP contribution >= 0.6 is 0 Å². The third-order valence-electron chi connectivity index (χ3n) is 2.77. The van der Waals surface area contributed by atoms with E-state index in [9.17, 15) is 18.0 Å². The van der Waals surface area contributed by atoms with Crippen molar-refractivity contribution in [2.75, 3.05) is 12.4 Å². The van der Waals surface area contributed by atoms with E-state index in [0.717, 1.165) is 5.56 Å². The van der Waals surface area contributed by atoms with Gasteiger partial charge in [-0.2, -0.15) is 8.42 Å². The molecule has 0 saturated carbocycles. The Bertz CT molecular complexity index is 599. The molecule has 22 heavy (non-hydrogen) atoms. The quantitative estimate of drug-likeness (QED) is 0.532. The minimum atomic E-state index is -4.41. The van der Waals surface area contributed by atoms with Crippen LogP contribution in [0.1, 0.15) is 18.9 Å². The molecule has 0 saturated heterocycles. The van der Waals surface area contributed by atoms with Crippen molar-refractivity contribution >= 4 is 22.0 Å². The fourth-order valence-corrected chi connectivity index (χ4v) is 2.43. The summed E-state index contributed by atoms with van der Waals surface area (Å²) in [5.74, 6) is -2.30. The largest absolute Gasteiger partial charge is 0.464 e. The number of carbonyl (C=O) groups excluding carboxylic acids is 2. The Kier molecular flexibility index (Phi) is 7.00. The first-order valence-electron chi connectivity index (χ1n) is 6.77. The Labute approximate surface area is 129 Å². The molecule has 0 bridgehead atoms. The molecule has 1 atom stereocenters. The number of amides is 1. The number of rotatable bonds is 8. The van der Waals surface area contributed by atoms with Crippen LogP contribution in [0.3, 0.4) is 0 Å². The summed E-state index contributed by atoms with van der Waals surface area (Å²) in [6.07, 6.45) is 0.541. The van der Waals surface area contributed by atoms with Gasteiger partial charge in [-0.3, -0.25) is 9.35 Å². The fourth-order valence-electron chi connectivity index (χ4n) is 1.79. The van der Waals surface area contributed by atoms with Gasteiger partial charge in [-0.15, -0.1) is 0 Å². The minimum absolute atomic E-state index is 0.0424. The van der Waals surface area contributed by atoms with Crippen LogP contribution < -0.4 is 5.32 Å². The lowest BCUT2D eigenvalue weighted by Gasteiger charge is -2.15. The summed E-state index contributed by atoms with van der Waals surface area (Å²) in [5.41, 5.74) is 0.945. The molecule has 8 heteroatoms. The minimum Gasteiger partial charge on any atom is -0.464 e. The molecule has 0 radical (unpaired) electrons. The number of ether oxygens (including phenoxy) is 1. The third kappa shape index (κ3) is 7.19. The van der Waals surface area contributed by atoms with Crippen molar-refractivity contribution in [2.24, 2.45) is 0 Å². The topological polar surface area (TPSA) is 110 Å². The molecule has 0 aliphatic carbocycles. The van der Waals surface area contributed by atoms with Crippen LogP contribution in [0.4, 0.5) is 0 Å². The molecule has 0 heterocycles. The third-order valence-corrected chi connectivity index (χ3v) is 3.52. The zero-order valence-corrected chi connectivity index (χ0v) is 13.0. The van der Waals surface area contributed by atoms with Crippen molar-refractivity contribution in [1.29, 1.82) is 0 Å². The monoisotopic (exact) mass is 329 g/mol. The second kappa shape index (κ2) is 8.50. The maximum atomic E-state index is 11.8. The molecule has 2 N–H and O–H groups in total. The predicted molar refractivity (Wildman–Crippen MR) is 79.7 cm³/mol. The molecule has 0 aliphatic rings. The molecule has 0 aliphatic heterocycles. The molecule has 1 rings (SSSR count). The lowest BCUT2D eigenvalue weighted by molar-refractivity contribution is -0.146. The van der Waals surface area contributed by atoms with E-state index in [1.807, 2.05) is 30.3 Å². The summed E-state index contributed by atoms with van der Waals surface area (Å²) >= 11 is 0. The van der Waals surface area contributed by atoms with Crippen molar-refractivity contribution in [3.05, 3.63) is 35.9 Å². The van der Waals surface area contributed by atoms with Gasteiger partial charge in [-0.05, 0) is 18.9 Å². The molecule has 1 aromatic rings. The Morgan fingerprint density at radius 2 is 1.91 bits per heavy atom. The highest BCUT2D eigenvalue weighted by Crippen LogP contribution is 2.03. The summed E-state index contributed by atoms with van der Waals surface area (Å²) in [7, 11) is -4.41. The summed E-state index contributed by atoms with van der Waals surface area (Å²) in [5, 5.41) is 2.28. The van der Waals surface area contributed by atoms with E-state index in [-0.39, 0.29) is 13.0 Å². The number of hydrogen-bond donors (Lipinski definition) is 2. The van der Waals surface area contributed by atoms with Crippen molar-refractivity contribution in [3.63, 3.8) is 0 Å². The number of benzene rings is 1. The Balaban J connectivity index is 2.60. The van der Waals surface area contributed by atoms with E-state index >= 15 is 0 Å². The maximum Gasteiger partial charge on any atom is 0.329 e. The molecule has 1 aromatic carbocycles. The van der Waals surface area contributed by atoms with Gasteiger partial charge in [0, 0.05) is 6.42 Å². The summed E-state index contributed by atoms with van der Waals surface area (Å²) < 4.78 is 35.3. The van der Waals surface area contributed by atoms with Crippen LogP contribution in [-0.4, -0.2) is 43.2 Å². The van der Waals surface area contributed by atoms with Crippen LogP contribution in [0.2, 0.25) is 0 Å². The number of hydrogen-bond acceptors (Lipinski definition) is 5. The SMILES string of the molecule is CCOC(=O)[C@H](CS(=O)(=O)O)NC(=O)CCc1ccccc1. The molecule has 0 fully saturated rings. The van der Waals surface area contributed by atoms with Crippen LogP contribution in [0.25, 0.3) is 0 Å². The van der Waals surface area contributed by atoms with Crippen molar-refractivity contribution in [3.8, 4) is 0 Å². The zero-order chi connectivity index (χ0) is 16.6. The lowest BCUT2D eigenvalue weighted by atomic mass is 10.1. The molecule has 1 amide bonds. The van der Waals surface area contributed by atoms with Crippen LogP contribution in [0, 0.1) is 0 Å². The fraction of sp³-hybridized carbons (Fsp3) is 0.429. The average molecular weight is 329 g/mol. The van der Waals surface area contributed by atoms with Gasteiger partial charge >= 0.3 is 5.97 Å². The summed E-state index contributed by atoms with van der Waals surface area (Å²) in [4.78, 5) is 23.4. The van der Waals surface area contributed by atoms with Gasteiger partial charge in [-0.1, -0.05) is 30.3 Å². The van der Waals surface area contributed by atoms with Gasteiger partial charge in [0.25, 0.3) is 10.1 Å². The van der Waals surface area contributed by atoms with Crippen molar-refractivity contribution in [2.45, 2.75) is 25.8 Å². The van der Waals surface area contributed by atoms with Gasteiger partial charge in [0.15, 0.2) is 0 Å². The maximum absolute atomic E-state index is 11.8. The molecule has 122 valence electrons. The number of esters is 1. The number of nitrogens with one attached hydrogen (secondary N) is 1. The highest BCUT2D eigenvalue weighted by molar-refractivity contribution is 7.85. The van der Waals surface area contributed by atoms with Gasteiger partial charge < -0.3 is 10.1 Å². The van der Waals surface area contributed by atoms with E-state index in [4.69, 9.17) is 4.55 Å². The van der Waals surface area contributed by atoms with E-state index in [2.05, 4.69) is 10.1 Å². The first kappa shape index (κ1) is 18.1. The first-order chi connectivity index (χ1) is 10.3. The van der Waals surface area contributed by atoms with Gasteiger partial charge in [0.1, 0.15) is 11.8 Å². The molecule has 7 nitrogen and oxygen atoms in total. The van der Waals surface area contributed by atoms with Crippen molar-refractivity contribution in [1.82, 2.24) is 5.32 Å². The Morgan fingerprint density at radius 1 is 1.27 bits per heavy atom. The van der Waals surface area contributed by atoms with E-state index in [0.29, 0.717) is 6.42 Å². The summed E-state index contributed by atoms with van der Waals surface area (Å²) in [6.45, 7) is 1.60. The smallest absolute Gasteiger partial charge is 0.329 e. The molecule has 0 aromatic heterocycles. The normalized spacial score (nSPS) is 12.5. The standard InChI is InChI=1S/C14H19NO6S/c1-2-21-14(17)12(10-22(18,19)20)15-13(16)9-8-11-6-4-3-5-7-11/h3-7,12H,2,8-10H2,1H3,(H,15,16)(H,18,19,20)/t12-/m0/s1. The van der Waals surface area contributed by atoms with E-state index < -0.39 is 33.8 Å². The first-order valence-corrected chi connectivity index (χ1v) is 8.38. The van der Waals surface area contributed by atoms with Crippen molar-refractivity contribution < 1.29 is 27.3 Å². The second-order valence-electron chi connectivity index (χ2n) is 4.61. The van der Waals surface area contributed by atoms with Gasteiger partial charge in [0.05, 0.1) is 6.61 Å². The number of carbonyl (C=O) groups is 2. The molecule has 0 spiro atoms. The van der Waals surface area contributed by atoms with Gasteiger partial charge in [-0.25, -0.2) is 4.79 Å². The molecular formula is C14H19NO6S. The number of aryl methyl sites for hydroxylation is 1. The zero-order valence-electron chi connectivity index (χ0n) is 12.2. The van der Waals surface area contributed by atoms with E-state index in [1.54, 1.807) is 6.92 Å².